The number of pyridine rings is 1. The van der Waals surface area contributed by atoms with Crippen molar-refractivity contribution in [3.05, 3.63) is 64.1 Å². The molecule has 182 valence electrons. The summed E-state index contributed by atoms with van der Waals surface area (Å²) in [6.07, 6.45) is 3.40. The Balaban J connectivity index is 2.36. The van der Waals surface area contributed by atoms with Crippen LogP contribution in [-0.2, 0) is 0 Å². The Morgan fingerprint density at radius 3 is 2.65 bits per heavy atom. The predicted octanol–water partition coefficient (Wildman–Crippen LogP) is 4.17. The summed E-state index contributed by atoms with van der Waals surface area (Å²) in [5, 5.41) is 3.42. The zero-order valence-electron chi connectivity index (χ0n) is 20.6. The molecule has 1 aromatic heterocycles. The first-order valence-corrected chi connectivity index (χ1v) is 11.5. The summed E-state index contributed by atoms with van der Waals surface area (Å²) in [5.41, 5.74) is 23.9. The minimum Gasteiger partial charge on any atom is -0.482 e. The average Bonchev–Trinajstić information content (AvgIpc) is 2.78. The van der Waals surface area contributed by atoms with E-state index in [-0.39, 0.29) is 23.7 Å². The molecule has 2 heterocycles. The Hall–Kier alpha value is -3.39. The molecular formula is C26H35FN6O. The lowest BCUT2D eigenvalue weighted by molar-refractivity contribution is 0.226. The molecule has 0 amide bonds. The fourth-order valence-corrected chi connectivity index (χ4v) is 3.81. The van der Waals surface area contributed by atoms with Crippen molar-refractivity contribution in [3.8, 4) is 5.75 Å². The highest BCUT2D eigenvalue weighted by Crippen LogP contribution is 2.34. The molecule has 7 nitrogen and oxygen atoms in total. The lowest BCUT2D eigenvalue weighted by Crippen LogP contribution is -2.20. The van der Waals surface area contributed by atoms with Gasteiger partial charge in [0.05, 0.1) is 5.54 Å². The van der Waals surface area contributed by atoms with E-state index in [0.717, 1.165) is 22.4 Å². The number of fused-ring (bicyclic) bond motifs is 3. The van der Waals surface area contributed by atoms with Gasteiger partial charge in [-0.2, -0.15) is 0 Å². The van der Waals surface area contributed by atoms with Crippen molar-refractivity contribution in [1.82, 2.24) is 10.3 Å². The van der Waals surface area contributed by atoms with Crippen LogP contribution in [-0.4, -0.2) is 29.8 Å². The van der Waals surface area contributed by atoms with Crippen LogP contribution in [0.4, 0.5) is 10.2 Å². The zero-order chi connectivity index (χ0) is 25.0. The molecule has 2 aromatic rings. The Bertz CT molecular complexity index is 1150. The van der Waals surface area contributed by atoms with E-state index in [9.17, 15) is 4.39 Å². The number of allylic oxidation sites excluding steroid dienone is 1. The van der Waals surface area contributed by atoms with Crippen LogP contribution in [0.3, 0.4) is 0 Å². The number of ether oxygens (including phenoxy) is 1. The minimum absolute atomic E-state index is 0.247. The van der Waals surface area contributed by atoms with E-state index >= 15 is 0 Å². The Morgan fingerprint density at radius 2 is 2.00 bits per heavy atom. The van der Waals surface area contributed by atoms with E-state index in [2.05, 4.69) is 10.3 Å². The fraction of sp³-hybridized carbons (Fsp3) is 0.385. The summed E-state index contributed by atoms with van der Waals surface area (Å²) in [7, 11) is 0. The van der Waals surface area contributed by atoms with Gasteiger partial charge in [0.1, 0.15) is 11.9 Å². The third-order valence-corrected chi connectivity index (χ3v) is 5.53. The van der Waals surface area contributed by atoms with Crippen molar-refractivity contribution in [2.75, 3.05) is 18.8 Å². The molecule has 0 saturated heterocycles. The maximum atomic E-state index is 14.3. The maximum Gasteiger partial charge on any atom is 0.166 e. The Morgan fingerprint density at radius 1 is 1.26 bits per heavy atom. The molecular weight excluding hydrogens is 431 g/mol. The maximum absolute atomic E-state index is 14.3. The van der Waals surface area contributed by atoms with E-state index in [0.29, 0.717) is 35.5 Å². The first kappa shape index (κ1) is 25.2. The summed E-state index contributed by atoms with van der Waals surface area (Å²) in [6, 6.07) is 6.34. The largest absolute Gasteiger partial charge is 0.482 e. The van der Waals surface area contributed by atoms with Crippen LogP contribution in [0.1, 0.15) is 63.8 Å². The molecule has 1 atom stereocenters. The van der Waals surface area contributed by atoms with Crippen LogP contribution >= 0.6 is 0 Å². The number of rotatable bonds is 4. The molecule has 1 aliphatic heterocycles. The molecule has 0 fully saturated rings. The van der Waals surface area contributed by atoms with Crippen molar-refractivity contribution in [1.29, 1.82) is 0 Å². The van der Waals surface area contributed by atoms with Crippen LogP contribution in [0, 0.1) is 5.82 Å². The molecule has 7 N–H and O–H groups in total. The summed E-state index contributed by atoms with van der Waals surface area (Å²) >= 11 is 0. The fourth-order valence-electron chi connectivity index (χ4n) is 3.81. The normalized spacial score (nSPS) is 19.3. The number of hydrogen-bond donors (Lipinski definition) is 4. The van der Waals surface area contributed by atoms with Crippen molar-refractivity contribution >= 4 is 23.4 Å². The molecule has 0 aliphatic carbocycles. The van der Waals surface area contributed by atoms with Gasteiger partial charge in [0, 0.05) is 60.0 Å². The van der Waals surface area contributed by atoms with Gasteiger partial charge in [0.15, 0.2) is 11.6 Å². The molecule has 0 saturated carbocycles. The van der Waals surface area contributed by atoms with E-state index in [1.54, 1.807) is 18.5 Å². The molecule has 0 spiro atoms. The summed E-state index contributed by atoms with van der Waals surface area (Å²) in [6.45, 7) is 10.9. The van der Waals surface area contributed by atoms with Crippen molar-refractivity contribution in [3.63, 3.8) is 0 Å². The molecule has 1 aromatic carbocycles. The number of aromatic nitrogens is 1. The second-order valence-electron chi connectivity index (χ2n) is 9.36. The van der Waals surface area contributed by atoms with Gasteiger partial charge in [0.25, 0.3) is 0 Å². The van der Waals surface area contributed by atoms with Crippen molar-refractivity contribution < 1.29 is 9.13 Å². The van der Waals surface area contributed by atoms with Gasteiger partial charge in [-0.25, -0.2) is 9.37 Å². The minimum atomic E-state index is -0.538. The van der Waals surface area contributed by atoms with Crippen LogP contribution in [0.15, 0.2) is 46.6 Å². The van der Waals surface area contributed by atoms with E-state index in [1.807, 2.05) is 40.7 Å². The van der Waals surface area contributed by atoms with Gasteiger partial charge in [-0.05, 0) is 70.0 Å². The number of aliphatic imine (C=N–C) groups is 1. The Labute approximate surface area is 201 Å². The number of nitrogens with zero attached hydrogens (tertiary/aromatic N) is 2. The quantitative estimate of drug-likeness (QED) is 0.502. The van der Waals surface area contributed by atoms with E-state index < -0.39 is 6.10 Å². The summed E-state index contributed by atoms with van der Waals surface area (Å²) < 4.78 is 20.5. The van der Waals surface area contributed by atoms with Crippen LogP contribution in [0.5, 0.6) is 5.75 Å². The van der Waals surface area contributed by atoms with Crippen molar-refractivity contribution in [2.24, 2.45) is 16.5 Å². The molecule has 3 rings (SSSR count). The molecule has 2 bridgehead atoms. The highest BCUT2D eigenvalue weighted by atomic mass is 19.1. The van der Waals surface area contributed by atoms with Gasteiger partial charge in [-0.1, -0.05) is 0 Å². The van der Waals surface area contributed by atoms with Gasteiger partial charge in [-0.3, -0.25) is 4.99 Å². The lowest BCUT2D eigenvalue weighted by Gasteiger charge is -2.24. The highest BCUT2D eigenvalue weighted by Gasteiger charge is 2.22. The molecule has 34 heavy (non-hydrogen) atoms. The monoisotopic (exact) mass is 466 g/mol. The number of nitrogens with one attached hydrogen (secondary N) is 1. The number of halogens is 1. The summed E-state index contributed by atoms with van der Waals surface area (Å²) in [4.78, 5) is 9.04. The van der Waals surface area contributed by atoms with Crippen LogP contribution in [0.2, 0.25) is 0 Å². The first-order valence-electron chi connectivity index (χ1n) is 11.5. The summed E-state index contributed by atoms with van der Waals surface area (Å²) in [5.74, 6) is 0.276. The second kappa shape index (κ2) is 10.3. The first-order chi connectivity index (χ1) is 16.0. The third-order valence-electron chi connectivity index (χ3n) is 5.53. The standard InChI is InChI=1S/C26H35FN6O/c1-6-31-24-16(12-28)9-17(14-33-26(3,4)5)23(29)20-8-7-19(27)11-21(20)15(2)34-22-10-18(24)13-32-25(22)30/h7-8,10-11,13-15,31H,6,9,12,28-29H2,1-5H3,(H2,30,32)/b23-17?,24-16-,33-14?/t15-/m1/s1. The number of hydrogen-bond acceptors (Lipinski definition) is 7. The topological polar surface area (TPSA) is 125 Å². The van der Waals surface area contributed by atoms with Crippen LogP contribution in [0.25, 0.3) is 11.4 Å². The van der Waals surface area contributed by atoms with E-state index in [4.69, 9.17) is 26.9 Å². The van der Waals surface area contributed by atoms with Gasteiger partial charge >= 0.3 is 0 Å². The Kier molecular flexibility index (Phi) is 7.61. The highest BCUT2D eigenvalue weighted by molar-refractivity contribution is 5.92. The van der Waals surface area contributed by atoms with Gasteiger partial charge in [-0.15, -0.1) is 0 Å². The number of anilines is 1. The van der Waals surface area contributed by atoms with Crippen molar-refractivity contribution in [2.45, 2.75) is 52.7 Å². The molecule has 0 radical (unpaired) electrons. The number of benzene rings is 1. The second-order valence-corrected chi connectivity index (χ2v) is 9.36. The SMILES string of the molecule is CCN/C1=C(\CN)CC(C=NC(C)(C)C)=C(N)c2ccc(F)cc2[C@@H](C)Oc2cc1cnc2N. The lowest BCUT2D eigenvalue weighted by atomic mass is 9.93. The average molecular weight is 467 g/mol. The molecule has 1 aliphatic rings. The van der Waals surface area contributed by atoms with Crippen LogP contribution < -0.4 is 27.3 Å². The van der Waals surface area contributed by atoms with Gasteiger partial charge < -0.3 is 27.3 Å². The molecule has 0 unspecified atom stereocenters. The zero-order valence-corrected chi connectivity index (χ0v) is 20.6. The smallest absolute Gasteiger partial charge is 0.166 e. The number of nitrogen functional groups attached to an aromatic ring is 1. The van der Waals surface area contributed by atoms with Gasteiger partial charge in [0.2, 0.25) is 0 Å². The number of nitrogens with two attached hydrogens (primary N) is 3. The third kappa shape index (κ3) is 5.75. The predicted molar refractivity (Wildman–Crippen MR) is 138 cm³/mol. The molecule has 8 heteroatoms. The van der Waals surface area contributed by atoms with E-state index in [1.165, 1.54) is 12.1 Å².